The van der Waals surface area contributed by atoms with E-state index in [0.29, 0.717) is 11.3 Å². The largest absolute Gasteiger partial charge is 0.423 e. The molecule has 8 heteroatoms. The predicted octanol–water partition coefficient (Wildman–Crippen LogP) is 2.91. The van der Waals surface area contributed by atoms with Crippen LogP contribution in [0.3, 0.4) is 0 Å². The Balaban J connectivity index is 1.72. The Hall–Kier alpha value is -2.55. The third kappa shape index (κ3) is 4.90. The number of hydrogen-bond donors (Lipinski definition) is 0. The van der Waals surface area contributed by atoms with Gasteiger partial charge in [0.05, 0.1) is 22.7 Å². The first kappa shape index (κ1) is 21.2. The second kappa shape index (κ2) is 8.44. The fraction of sp³-hybridized carbons (Fsp3) is 0.333. The third-order valence-electron chi connectivity index (χ3n) is 4.59. The highest BCUT2D eigenvalue weighted by molar-refractivity contribution is 7.89. The van der Waals surface area contributed by atoms with Crippen molar-refractivity contribution in [2.75, 3.05) is 13.1 Å². The van der Waals surface area contributed by atoms with Crippen LogP contribution < -0.4 is 4.74 Å². The van der Waals surface area contributed by atoms with E-state index >= 15 is 0 Å². The molecule has 1 aliphatic heterocycles. The average Bonchev–Trinajstić information content (AvgIpc) is 2.67. The lowest BCUT2D eigenvalue weighted by molar-refractivity contribution is -0.0440. The number of sulfonamides is 1. The summed E-state index contributed by atoms with van der Waals surface area (Å²) in [6.45, 7) is 5.69. The number of Topliss-reactive ketones (excluding diaryl/α,β-unsaturated/α-hetero) is 1. The molecule has 0 spiro atoms. The number of morpholine rings is 1. The van der Waals surface area contributed by atoms with Crippen LogP contribution >= 0.6 is 0 Å². The van der Waals surface area contributed by atoms with Crippen LogP contribution in [-0.2, 0) is 14.8 Å². The van der Waals surface area contributed by atoms with E-state index in [2.05, 4.69) is 0 Å². The van der Waals surface area contributed by atoms with Crippen LogP contribution in [0.4, 0.5) is 0 Å². The van der Waals surface area contributed by atoms with E-state index in [1.54, 1.807) is 12.1 Å². The summed E-state index contributed by atoms with van der Waals surface area (Å²) in [5, 5.41) is 0. The molecule has 0 radical (unpaired) electrons. The molecule has 154 valence electrons. The van der Waals surface area contributed by atoms with Crippen molar-refractivity contribution in [3.63, 3.8) is 0 Å². The highest BCUT2D eigenvalue weighted by atomic mass is 32.2. The number of ether oxygens (including phenoxy) is 2. The molecule has 7 nitrogen and oxygen atoms in total. The topological polar surface area (TPSA) is 90.0 Å². The summed E-state index contributed by atoms with van der Waals surface area (Å²) in [6.07, 6.45) is -0.366. The summed E-state index contributed by atoms with van der Waals surface area (Å²) < 4.78 is 38.0. The zero-order valence-electron chi connectivity index (χ0n) is 16.5. The highest BCUT2D eigenvalue weighted by Crippen LogP contribution is 2.22. The number of ketones is 1. The first-order valence-corrected chi connectivity index (χ1v) is 10.7. The fourth-order valence-electron chi connectivity index (χ4n) is 3.16. The molecule has 1 saturated heterocycles. The van der Waals surface area contributed by atoms with E-state index in [0.717, 1.165) is 0 Å². The maximum Gasteiger partial charge on any atom is 0.343 e. The zero-order valence-corrected chi connectivity index (χ0v) is 17.3. The van der Waals surface area contributed by atoms with Gasteiger partial charge in [0.2, 0.25) is 10.0 Å². The Morgan fingerprint density at radius 1 is 0.931 bits per heavy atom. The smallest absolute Gasteiger partial charge is 0.343 e. The molecule has 2 atom stereocenters. The Morgan fingerprint density at radius 3 is 1.97 bits per heavy atom. The molecular weight excluding hydrogens is 394 g/mol. The quantitative estimate of drug-likeness (QED) is 0.422. The molecule has 0 amide bonds. The van der Waals surface area contributed by atoms with Crippen molar-refractivity contribution < 1.29 is 27.5 Å². The van der Waals surface area contributed by atoms with Crippen LogP contribution in [0.15, 0.2) is 53.4 Å². The van der Waals surface area contributed by atoms with E-state index in [1.807, 2.05) is 13.8 Å². The SMILES string of the molecule is CC(=O)c1ccc(OC(=O)c2ccc(S(=O)(=O)N3C[C@@H](C)O[C@@H](C)C3)cc2)cc1. The van der Waals surface area contributed by atoms with Gasteiger partial charge in [0.1, 0.15) is 5.75 Å². The second-order valence-electron chi connectivity index (χ2n) is 7.07. The number of carbonyl (C=O) groups excluding carboxylic acids is 2. The Labute approximate surface area is 170 Å². The van der Waals surface area contributed by atoms with Gasteiger partial charge in [-0.3, -0.25) is 4.79 Å². The highest BCUT2D eigenvalue weighted by Gasteiger charge is 2.32. The van der Waals surface area contributed by atoms with Crippen molar-refractivity contribution in [2.24, 2.45) is 0 Å². The fourth-order valence-corrected chi connectivity index (χ4v) is 4.75. The van der Waals surface area contributed by atoms with Crippen molar-refractivity contribution in [3.05, 3.63) is 59.7 Å². The molecule has 1 heterocycles. The van der Waals surface area contributed by atoms with Gasteiger partial charge in [-0.25, -0.2) is 13.2 Å². The lowest BCUT2D eigenvalue weighted by atomic mass is 10.1. The summed E-state index contributed by atoms with van der Waals surface area (Å²) in [5.41, 5.74) is 0.745. The molecule has 1 aliphatic rings. The molecule has 1 fully saturated rings. The van der Waals surface area contributed by atoms with Gasteiger partial charge in [-0.05, 0) is 69.3 Å². The van der Waals surface area contributed by atoms with Crippen LogP contribution in [0.2, 0.25) is 0 Å². The maximum atomic E-state index is 12.9. The Bertz CT molecular complexity index is 988. The first-order chi connectivity index (χ1) is 13.7. The predicted molar refractivity (Wildman–Crippen MR) is 107 cm³/mol. The van der Waals surface area contributed by atoms with Crippen LogP contribution in [0.5, 0.6) is 5.75 Å². The average molecular weight is 417 g/mol. The van der Waals surface area contributed by atoms with Crippen LogP contribution in [0.1, 0.15) is 41.5 Å². The van der Waals surface area contributed by atoms with Gasteiger partial charge in [-0.2, -0.15) is 4.31 Å². The van der Waals surface area contributed by atoms with E-state index in [9.17, 15) is 18.0 Å². The van der Waals surface area contributed by atoms with Gasteiger partial charge in [-0.1, -0.05) is 0 Å². The van der Waals surface area contributed by atoms with Gasteiger partial charge in [-0.15, -0.1) is 0 Å². The molecule has 0 aliphatic carbocycles. The summed E-state index contributed by atoms with van der Waals surface area (Å²) in [6, 6.07) is 11.9. The number of esters is 1. The standard InChI is InChI=1S/C21H23NO6S/c1-14-12-22(13-15(2)27-14)29(25,26)20-10-6-18(7-11-20)21(24)28-19-8-4-17(5-9-19)16(3)23/h4-11,14-15H,12-13H2,1-3H3/t14-,15+. The minimum atomic E-state index is -3.67. The number of hydrogen-bond acceptors (Lipinski definition) is 6. The summed E-state index contributed by atoms with van der Waals surface area (Å²) in [7, 11) is -3.67. The lowest BCUT2D eigenvalue weighted by Crippen LogP contribution is -2.48. The molecule has 0 N–H and O–H groups in total. The second-order valence-corrected chi connectivity index (χ2v) is 9.01. The Morgan fingerprint density at radius 2 is 1.45 bits per heavy atom. The van der Waals surface area contributed by atoms with Crippen molar-refractivity contribution in [1.29, 1.82) is 0 Å². The van der Waals surface area contributed by atoms with Crippen LogP contribution in [0.25, 0.3) is 0 Å². The van der Waals surface area contributed by atoms with Crippen molar-refractivity contribution >= 4 is 21.8 Å². The molecule has 0 saturated carbocycles. The lowest BCUT2D eigenvalue weighted by Gasteiger charge is -2.34. The maximum absolute atomic E-state index is 12.9. The van der Waals surface area contributed by atoms with Crippen molar-refractivity contribution in [1.82, 2.24) is 4.31 Å². The Kier molecular flexibility index (Phi) is 6.16. The molecule has 29 heavy (non-hydrogen) atoms. The third-order valence-corrected chi connectivity index (χ3v) is 6.43. The molecular formula is C21H23NO6S. The van der Waals surface area contributed by atoms with Gasteiger partial charge in [0.25, 0.3) is 0 Å². The van der Waals surface area contributed by atoms with Gasteiger partial charge >= 0.3 is 5.97 Å². The summed E-state index contributed by atoms with van der Waals surface area (Å²) in [5.74, 6) is -0.394. The number of nitrogens with zero attached hydrogens (tertiary/aromatic N) is 1. The molecule has 0 bridgehead atoms. The van der Waals surface area contributed by atoms with Crippen molar-refractivity contribution in [2.45, 2.75) is 37.9 Å². The monoisotopic (exact) mass is 417 g/mol. The van der Waals surface area contributed by atoms with Crippen LogP contribution in [0, 0.1) is 0 Å². The molecule has 2 aromatic carbocycles. The van der Waals surface area contributed by atoms with Crippen LogP contribution in [-0.4, -0.2) is 49.8 Å². The van der Waals surface area contributed by atoms with E-state index < -0.39 is 16.0 Å². The van der Waals surface area contributed by atoms with E-state index in [1.165, 1.54) is 47.6 Å². The molecule has 3 rings (SSSR count). The first-order valence-electron chi connectivity index (χ1n) is 9.25. The summed E-state index contributed by atoms with van der Waals surface area (Å²) in [4.78, 5) is 23.7. The van der Waals surface area contributed by atoms with Gasteiger partial charge < -0.3 is 9.47 Å². The van der Waals surface area contributed by atoms with E-state index in [-0.39, 0.29) is 41.5 Å². The van der Waals surface area contributed by atoms with Gasteiger partial charge in [0, 0.05) is 18.7 Å². The van der Waals surface area contributed by atoms with E-state index in [4.69, 9.17) is 9.47 Å². The zero-order chi connectivity index (χ0) is 21.2. The van der Waals surface area contributed by atoms with Crippen molar-refractivity contribution in [3.8, 4) is 5.75 Å². The minimum Gasteiger partial charge on any atom is -0.423 e. The minimum absolute atomic E-state index is 0.0799. The number of benzene rings is 2. The molecule has 0 aromatic heterocycles. The molecule has 0 unspecified atom stereocenters. The number of rotatable bonds is 5. The normalized spacial score (nSPS) is 20.2. The molecule has 2 aromatic rings. The van der Waals surface area contributed by atoms with Gasteiger partial charge in [0.15, 0.2) is 5.78 Å². The summed E-state index contributed by atoms with van der Waals surface area (Å²) >= 11 is 0. The number of carbonyl (C=O) groups is 2.